The van der Waals surface area contributed by atoms with E-state index in [0.29, 0.717) is 0 Å². The fraction of sp³-hybridized carbons (Fsp3) is 0.286. The smallest absolute Gasteiger partial charge is 0.111 e. The van der Waals surface area contributed by atoms with Gasteiger partial charge in [0.15, 0.2) is 0 Å². The summed E-state index contributed by atoms with van der Waals surface area (Å²) in [5, 5.41) is 4.49. The van der Waals surface area contributed by atoms with Crippen LogP contribution < -0.4 is 5.32 Å². The van der Waals surface area contributed by atoms with Crippen LogP contribution in [0.4, 0.5) is 0 Å². The monoisotopic (exact) mass is 232 g/mol. The number of nitrogens with two attached hydrogens (primary N) is 1. The summed E-state index contributed by atoms with van der Waals surface area (Å²) in [6.45, 7) is 4.35. The van der Waals surface area contributed by atoms with Gasteiger partial charge in [0.25, 0.3) is 0 Å². The Morgan fingerprint density at radius 3 is 2.38 bits per heavy atom. The van der Waals surface area contributed by atoms with Gasteiger partial charge in [0.2, 0.25) is 0 Å². The molecule has 0 saturated heterocycles. The summed E-state index contributed by atoms with van der Waals surface area (Å²) < 4.78 is 0. The second-order valence-electron chi connectivity index (χ2n) is 3.95. The molecule has 0 bridgehead atoms. The molecule has 0 aliphatic heterocycles. The van der Waals surface area contributed by atoms with E-state index in [0.717, 1.165) is 19.5 Å². The van der Waals surface area contributed by atoms with Gasteiger partial charge in [-0.25, -0.2) is 0 Å². The van der Waals surface area contributed by atoms with Crippen molar-refractivity contribution in [2.45, 2.75) is 26.4 Å². The van der Waals surface area contributed by atoms with Gasteiger partial charge in [-0.1, -0.05) is 37.3 Å². The van der Waals surface area contributed by atoms with E-state index >= 15 is 0 Å². The maximum absolute atomic E-state index is 2.35. The molecular formula is C14H18NS+. The van der Waals surface area contributed by atoms with Gasteiger partial charge in [-0.15, -0.1) is 11.3 Å². The maximum atomic E-state index is 2.35. The molecule has 0 aliphatic rings. The van der Waals surface area contributed by atoms with Crippen LogP contribution in [0, 0.1) is 0 Å². The number of thiophene rings is 1. The molecule has 0 saturated carbocycles. The average Bonchev–Trinajstić information content (AvgIpc) is 2.83. The zero-order chi connectivity index (χ0) is 11.2. The van der Waals surface area contributed by atoms with E-state index < -0.39 is 0 Å². The number of quaternary nitrogens is 1. The minimum atomic E-state index is 1.07. The SMILES string of the molecule is CCc1ccc(C[NH2+]Cc2cccs2)cc1. The van der Waals surface area contributed by atoms with Crippen LogP contribution in [0.3, 0.4) is 0 Å². The predicted molar refractivity (Wildman–Crippen MR) is 69.5 cm³/mol. The van der Waals surface area contributed by atoms with Crippen molar-refractivity contribution in [3.63, 3.8) is 0 Å². The molecule has 0 radical (unpaired) electrons. The van der Waals surface area contributed by atoms with E-state index in [9.17, 15) is 0 Å². The highest BCUT2D eigenvalue weighted by molar-refractivity contribution is 7.09. The first-order valence-electron chi connectivity index (χ1n) is 5.80. The van der Waals surface area contributed by atoms with Crippen LogP contribution in [0.2, 0.25) is 0 Å². The zero-order valence-electron chi connectivity index (χ0n) is 9.65. The van der Waals surface area contributed by atoms with Crippen LogP contribution in [-0.2, 0) is 19.5 Å². The summed E-state index contributed by atoms with van der Waals surface area (Å²) in [5.74, 6) is 0. The number of hydrogen-bond donors (Lipinski definition) is 1. The Morgan fingerprint density at radius 2 is 1.75 bits per heavy atom. The number of hydrogen-bond acceptors (Lipinski definition) is 1. The highest BCUT2D eigenvalue weighted by atomic mass is 32.1. The van der Waals surface area contributed by atoms with Gasteiger partial charge in [-0.05, 0) is 23.4 Å². The van der Waals surface area contributed by atoms with E-state index in [2.05, 4.69) is 54.0 Å². The number of rotatable bonds is 5. The Bertz CT molecular complexity index is 403. The number of aryl methyl sites for hydroxylation is 1. The van der Waals surface area contributed by atoms with E-state index in [4.69, 9.17) is 0 Å². The second kappa shape index (κ2) is 5.83. The predicted octanol–water partition coefficient (Wildman–Crippen LogP) is 2.57. The van der Waals surface area contributed by atoms with Gasteiger partial charge in [0.1, 0.15) is 13.1 Å². The Labute approximate surface area is 101 Å². The molecule has 0 fully saturated rings. The van der Waals surface area contributed by atoms with Crippen molar-refractivity contribution in [3.8, 4) is 0 Å². The van der Waals surface area contributed by atoms with Crippen molar-refractivity contribution in [2.24, 2.45) is 0 Å². The molecule has 0 amide bonds. The Balaban J connectivity index is 1.81. The van der Waals surface area contributed by atoms with Crippen LogP contribution >= 0.6 is 11.3 Å². The summed E-state index contributed by atoms with van der Waals surface area (Å²) >= 11 is 1.83. The average molecular weight is 232 g/mol. The van der Waals surface area contributed by atoms with Crippen molar-refractivity contribution in [3.05, 3.63) is 57.8 Å². The summed E-state index contributed by atoms with van der Waals surface area (Å²) in [6.07, 6.45) is 1.12. The fourth-order valence-corrected chi connectivity index (χ4v) is 2.42. The van der Waals surface area contributed by atoms with Gasteiger partial charge < -0.3 is 5.32 Å². The molecular weight excluding hydrogens is 214 g/mol. The van der Waals surface area contributed by atoms with E-state index in [1.54, 1.807) is 0 Å². The molecule has 1 aromatic carbocycles. The molecule has 84 valence electrons. The molecule has 1 heterocycles. The molecule has 2 heteroatoms. The van der Waals surface area contributed by atoms with Crippen molar-refractivity contribution >= 4 is 11.3 Å². The standard InChI is InChI=1S/C14H17NS/c1-2-12-5-7-13(8-6-12)10-15-11-14-4-3-9-16-14/h3-9,15H,2,10-11H2,1H3/p+1. The lowest BCUT2D eigenvalue weighted by atomic mass is 10.1. The summed E-state index contributed by atoms with van der Waals surface area (Å²) in [4.78, 5) is 1.45. The molecule has 0 unspecified atom stereocenters. The lowest BCUT2D eigenvalue weighted by molar-refractivity contribution is -0.685. The number of benzene rings is 1. The normalized spacial score (nSPS) is 10.6. The molecule has 2 N–H and O–H groups in total. The van der Waals surface area contributed by atoms with Crippen LogP contribution in [0.15, 0.2) is 41.8 Å². The highest BCUT2D eigenvalue weighted by Crippen LogP contribution is 2.06. The van der Waals surface area contributed by atoms with Crippen molar-refractivity contribution < 1.29 is 5.32 Å². The molecule has 2 rings (SSSR count). The molecule has 1 nitrogen and oxygen atoms in total. The van der Waals surface area contributed by atoms with E-state index in [1.807, 2.05) is 11.3 Å². The molecule has 2 aromatic rings. The van der Waals surface area contributed by atoms with Crippen LogP contribution in [0.1, 0.15) is 22.9 Å². The molecule has 0 spiro atoms. The molecule has 0 atom stereocenters. The minimum absolute atomic E-state index is 1.07. The molecule has 16 heavy (non-hydrogen) atoms. The van der Waals surface area contributed by atoms with Gasteiger partial charge in [0, 0.05) is 5.56 Å². The molecule has 0 aliphatic carbocycles. The maximum Gasteiger partial charge on any atom is 0.111 e. The zero-order valence-corrected chi connectivity index (χ0v) is 10.5. The third-order valence-corrected chi connectivity index (χ3v) is 3.64. The Morgan fingerprint density at radius 1 is 1.00 bits per heavy atom. The third kappa shape index (κ3) is 3.19. The van der Waals surface area contributed by atoms with Gasteiger partial charge in [0.05, 0.1) is 4.88 Å². The lowest BCUT2D eigenvalue weighted by Gasteiger charge is -2.02. The minimum Gasteiger partial charge on any atom is -0.338 e. The summed E-state index contributed by atoms with van der Waals surface area (Å²) in [5.41, 5.74) is 2.83. The van der Waals surface area contributed by atoms with E-state index in [-0.39, 0.29) is 0 Å². The summed E-state index contributed by atoms with van der Waals surface area (Å²) in [7, 11) is 0. The van der Waals surface area contributed by atoms with Crippen LogP contribution in [-0.4, -0.2) is 0 Å². The highest BCUT2D eigenvalue weighted by Gasteiger charge is 1.98. The van der Waals surface area contributed by atoms with Crippen LogP contribution in [0.5, 0.6) is 0 Å². The Kier molecular flexibility index (Phi) is 4.14. The van der Waals surface area contributed by atoms with Crippen molar-refractivity contribution in [1.29, 1.82) is 0 Å². The van der Waals surface area contributed by atoms with Gasteiger partial charge in [-0.3, -0.25) is 0 Å². The van der Waals surface area contributed by atoms with E-state index in [1.165, 1.54) is 16.0 Å². The first kappa shape index (κ1) is 11.4. The van der Waals surface area contributed by atoms with Crippen LogP contribution in [0.25, 0.3) is 0 Å². The van der Waals surface area contributed by atoms with Gasteiger partial charge in [-0.2, -0.15) is 0 Å². The first-order chi connectivity index (χ1) is 7.88. The second-order valence-corrected chi connectivity index (χ2v) is 4.98. The fourth-order valence-electron chi connectivity index (χ4n) is 1.72. The topological polar surface area (TPSA) is 16.6 Å². The van der Waals surface area contributed by atoms with Crippen molar-refractivity contribution in [1.82, 2.24) is 0 Å². The van der Waals surface area contributed by atoms with Crippen molar-refractivity contribution in [2.75, 3.05) is 0 Å². The lowest BCUT2D eigenvalue weighted by Crippen LogP contribution is -2.80. The molecule has 1 aromatic heterocycles. The summed E-state index contributed by atoms with van der Waals surface area (Å²) in [6, 6.07) is 13.3. The van der Waals surface area contributed by atoms with Gasteiger partial charge >= 0.3 is 0 Å². The first-order valence-corrected chi connectivity index (χ1v) is 6.68. The Hall–Kier alpha value is -1.12. The quantitative estimate of drug-likeness (QED) is 0.816. The largest absolute Gasteiger partial charge is 0.338 e. The third-order valence-electron chi connectivity index (χ3n) is 2.74.